The zero-order chi connectivity index (χ0) is 13.7. The molecule has 1 heterocycles. The summed E-state index contributed by atoms with van der Waals surface area (Å²) >= 11 is 1.77. The number of carbonyl (C=O) groups excluding carboxylic acids is 1. The Morgan fingerprint density at radius 2 is 1.94 bits per heavy atom. The lowest BCUT2D eigenvalue weighted by atomic mass is 10.1. The van der Waals surface area contributed by atoms with Crippen LogP contribution in [0.15, 0.2) is 12.1 Å². The molecular weight excluding hydrogens is 244 g/mol. The van der Waals surface area contributed by atoms with E-state index >= 15 is 0 Å². The molecule has 1 aromatic rings. The maximum absolute atomic E-state index is 11.7. The van der Waals surface area contributed by atoms with Gasteiger partial charge >= 0.3 is 0 Å². The van der Waals surface area contributed by atoms with Crippen LogP contribution in [0, 0.1) is 12.8 Å². The fourth-order valence-corrected chi connectivity index (χ4v) is 2.41. The van der Waals surface area contributed by atoms with E-state index in [2.05, 4.69) is 50.5 Å². The Balaban J connectivity index is 2.34. The molecule has 1 amide bonds. The maximum Gasteiger partial charge on any atom is 0.234 e. The number of nitrogens with one attached hydrogen (secondary N) is 2. The van der Waals surface area contributed by atoms with E-state index in [1.807, 2.05) is 6.92 Å². The van der Waals surface area contributed by atoms with Gasteiger partial charge in [-0.2, -0.15) is 0 Å². The molecule has 2 atom stereocenters. The molecule has 0 bridgehead atoms. The lowest BCUT2D eigenvalue weighted by molar-refractivity contribution is -0.121. The van der Waals surface area contributed by atoms with Crippen molar-refractivity contribution in [1.29, 1.82) is 0 Å². The molecular formula is C14H24N2OS. The van der Waals surface area contributed by atoms with Crippen LogP contribution in [-0.4, -0.2) is 18.5 Å². The van der Waals surface area contributed by atoms with Crippen LogP contribution in [-0.2, 0) is 4.79 Å². The van der Waals surface area contributed by atoms with Gasteiger partial charge in [0.1, 0.15) is 0 Å². The Bertz CT molecular complexity index is 387. The molecule has 1 aromatic heterocycles. The maximum atomic E-state index is 11.7. The Hall–Kier alpha value is -0.870. The fourth-order valence-electron chi connectivity index (χ4n) is 1.50. The molecule has 0 spiro atoms. The van der Waals surface area contributed by atoms with Crippen molar-refractivity contribution in [2.24, 2.45) is 5.92 Å². The number of aryl methyl sites for hydroxylation is 1. The molecule has 18 heavy (non-hydrogen) atoms. The van der Waals surface area contributed by atoms with Gasteiger partial charge in [0.15, 0.2) is 0 Å². The lowest BCUT2D eigenvalue weighted by Gasteiger charge is -2.18. The zero-order valence-electron chi connectivity index (χ0n) is 11.9. The van der Waals surface area contributed by atoms with Crippen LogP contribution in [0.5, 0.6) is 0 Å². The van der Waals surface area contributed by atoms with E-state index in [0.717, 1.165) is 0 Å². The zero-order valence-corrected chi connectivity index (χ0v) is 12.7. The minimum atomic E-state index is 0.0660. The summed E-state index contributed by atoms with van der Waals surface area (Å²) in [6, 6.07) is 4.67. The van der Waals surface area contributed by atoms with Crippen LogP contribution >= 0.6 is 11.3 Å². The molecule has 0 aliphatic heterocycles. The number of hydrogen-bond acceptors (Lipinski definition) is 3. The lowest BCUT2D eigenvalue weighted by Crippen LogP contribution is -2.41. The van der Waals surface area contributed by atoms with Crippen molar-refractivity contribution in [2.75, 3.05) is 6.54 Å². The molecule has 2 unspecified atom stereocenters. The van der Waals surface area contributed by atoms with Gasteiger partial charge in [0.2, 0.25) is 5.91 Å². The van der Waals surface area contributed by atoms with Crippen LogP contribution in [0.25, 0.3) is 0 Å². The molecule has 4 heteroatoms. The minimum Gasteiger partial charge on any atom is -0.352 e. The summed E-state index contributed by atoms with van der Waals surface area (Å²) in [5.74, 6) is 0.530. The molecule has 102 valence electrons. The van der Waals surface area contributed by atoms with Crippen molar-refractivity contribution in [3.8, 4) is 0 Å². The summed E-state index contributed by atoms with van der Waals surface area (Å²) in [6.45, 7) is 10.8. The first-order valence-electron chi connectivity index (χ1n) is 6.49. The molecule has 0 aliphatic rings. The summed E-state index contributed by atoms with van der Waals surface area (Å²) in [5.41, 5.74) is 0. The third-order valence-corrected chi connectivity index (χ3v) is 4.33. The van der Waals surface area contributed by atoms with Crippen LogP contribution < -0.4 is 10.6 Å². The number of rotatable bonds is 6. The highest BCUT2D eigenvalue weighted by molar-refractivity contribution is 7.12. The molecule has 3 nitrogen and oxygen atoms in total. The van der Waals surface area contributed by atoms with Gasteiger partial charge in [-0.05, 0) is 38.8 Å². The van der Waals surface area contributed by atoms with Crippen LogP contribution in [0.4, 0.5) is 0 Å². The summed E-state index contributed by atoms with van der Waals surface area (Å²) in [5, 5.41) is 6.25. The van der Waals surface area contributed by atoms with E-state index in [-0.39, 0.29) is 18.0 Å². The van der Waals surface area contributed by atoms with E-state index in [9.17, 15) is 4.79 Å². The minimum absolute atomic E-state index is 0.0660. The van der Waals surface area contributed by atoms with Crippen molar-refractivity contribution < 1.29 is 4.79 Å². The molecule has 0 aliphatic carbocycles. The second-order valence-electron chi connectivity index (χ2n) is 5.15. The van der Waals surface area contributed by atoms with Crippen molar-refractivity contribution in [3.63, 3.8) is 0 Å². The fraction of sp³-hybridized carbons (Fsp3) is 0.643. The standard InChI is InChI=1S/C14H24N2OS/c1-9(2)11(4)16-14(17)8-15-12(5)13-7-6-10(3)18-13/h6-7,9,11-12,15H,8H2,1-5H3,(H,16,17). The Morgan fingerprint density at radius 3 is 2.44 bits per heavy atom. The summed E-state index contributed by atoms with van der Waals surface area (Å²) < 4.78 is 0. The largest absolute Gasteiger partial charge is 0.352 e. The number of carbonyl (C=O) groups is 1. The van der Waals surface area contributed by atoms with Gasteiger partial charge in [-0.15, -0.1) is 11.3 Å². The monoisotopic (exact) mass is 268 g/mol. The molecule has 2 N–H and O–H groups in total. The number of thiophene rings is 1. The van der Waals surface area contributed by atoms with Crippen molar-refractivity contribution in [1.82, 2.24) is 10.6 Å². The third kappa shape index (κ3) is 4.78. The highest BCUT2D eigenvalue weighted by atomic mass is 32.1. The SMILES string of the molecule is Cc1ccc(C(C)NCC(=O)NC(C)C(C)C)s1. The van der Waals surface area contributed by atoms with Gasteiger partial charge in [-0.25, -0.2) is 0 Å². The predicted molar refractivity (Wildman–Crippen MR) is 77.9 cm³/mol. The quantitative estimate of drug-likeness (QED) is 0.833. The van der Waals surface area contributed by atoms with Gasteiger partial charge in [0, 0.05) is 21.8 Å². The molecule has 0 saturated heterocycles. The summed E-state index contributed by atoms with van der Waals surface area (Å²) in [4.78, 5) is 14.3. The number of amides is 1. The van der Waals surface area contributed by atoms with E-state index in [4.69, 9.17) is 0 Å². The van der Waals surface area contributed by atoms with Crippen LogP contribution in [0.3, 0.4) is 0 Å². The molecule has 0 saturated carbocycles. The van der Waals surface area contributed by atoms with Crippen molar-refractivity contribution >= 4 is 17.2 Å². The van der Waals surface area contributed by atoms with Crippen LogP contribution in [0.2, 0.25) is 0 Å². The highest BCUT2D eigenvalue weighted by Gasteiger charge is 2.12. The second-order valence-corrected chi connectivity index (χ2v) is 6.47. The summed E-state index contributed by atoms with van der Waals surface area (Å²) in [7, 11) is 0. The van der Waals surface area contributed by atoms with Gasteiger partial charge in [-0.1, -0.05) is 13.8 Å². The van der Waals surface area contributed by atoms with E-state index < -0.39 is 0 Å². The number of hydrogen-bond donors (Lipinski definition) is 2. The van der Waals surface area contributed by atoms with Gasteiger partial charge in [-0.3, -0.25) is 4.79 Å². The first kappa shape index (κ1) is 15.2. The van der Waals surface area contributed by atoms with Crippen LogP contribution in [0.1, 0.15) is 43.5 Å². The van der Waals surface area contributed by atoms with Gasteiger partial charge < -0.3 is 10.6 Å². The first-order valence-corrected chi connectivity index (χ1v) is 7.31. The predicted octanol–water partition coefficient (Wildman–Crippen LogP) is 2.87. The van der Waals surface area contributed by atoms with E-state index in [1.165, 1.54) is 9.75 Å². The topological polar surface area (TPSA) is 41.1 Å². The Morgan fingerprint density at radius 1 is 1.28 bits per heavy atom. The van der Waals surface area contributed by atoms with Crippen molar-refractivity contribution in [2.45, 2.75) is 46.7 Å². The molecule has 1 rings (SSSR count). The molecule has 0 radical (unpaired) electrons. The average Bonchev–Trinajstić information content (AvgIpc) is 2.72. The van der Waals surface area contributed by atoms with Gasteiger partial charge in [0.05, 0.1) is 6.54 Å². The first-order chi connectivity index (χ1) is 8.40. The second kappa shape index (κ2) is 6.90. The van der Waals surface area contributed by atoms with E-state index in [1.54, 1.807) is 11.3 Å². The summed E-state index contributed by atoms with van der Waals surface area (Å²) in [6.07, 6.45) is 0. The highest BCUT2D eigenvalue weighted by Crippen LogP contribution is 2.21. The Labute approximate surface area is 114 Å². The third-order valence-electron chi connectivity index (χ3n) is 3.15. The van der Waals surface area contributed by atoms with E-state index in [0.29, 0.717) is 12.5 Å². The average molecular weight is 268 g/mol. The molecule has 0 aromatic carbocycles. The smallest absolute Gasteiger partial charge is 0.234 e. The molecule has 0 fully saturated rings. The van der Waals surface area contributed by atoms with Gasteiger partial charge in [0.25, 0.3) is 0 Å². The Kier molecular flexibility index (Phi) is 5.82. The normalized spacial score (nSPS) is 14.6. The van der Waals surface area contributed by atoms with Crippen molar-refractivity contribution in [3.05, 3.63) is 21.9 Å².